The topological polar surface area (TPSA) is 73.4 Å². The molecule has 0 aliphatic carbocycles. The summed E-state index contributed by atoms with van der Waals surface area (Å²) in [7, 11) is 1.70. The highest BCUT2D eigenvalue weighted by Crippen LogP contribution is 2.25. The largest absolute Gasteiger partial charge is 0.379 e. The van der Waals surface area contributed by atoms with E-state index in [4.69, 9.17) is 9.26 Å². The van der Waals surface area contributed by atoms with Crippen molar-refractivity contribution in [3.05, 3.63) is 70.4 Å². The molecule has 158 valence electrons. The highest BCUT2D eigenvalue weighted by atomic mass is 16.5. The van der Waals surface area contributed by atoms with Crippen LogP contribution in [0, 0.1) is 26.7 Å². The summed E-state index contributed by atoms with van der Waals surface area (Å²) in [5.74, 6) is 1.05. The molecule has 0 spiro atoms. The number of nitrogens with zero attached hydrogens (tertiary/aromatic N) is 4. The van der Waals surface area contributed by atoms with Gasteiger partial charge in [0.1, 0.15) is 5.76 Å². The van der Waals surface area contributed by atoms with E-state index in [0.29, 0.717) is 31.6 Å². The molecule has 7 heteroatoms. The Morgan fingerprint density at radius 1 is 1.17 bits per heavy atom. The quantitative estimate of drug-likeness (QED) is 0.626. The molecule has 1 amide bonds. The molecule has 1 saturated heterocycles. The van der Waals surface area contributed by atoms with Crippen molar-refractivity contribution in [3.63, 3.8) is 0 Å². The lowest BCUT2D eigenvalue weighted by atomic mass is 10.0. The normalized spacial score (nSPS) is 18.9. The van der Waals surface area contributed by atoms with E-state index in [9.17, 15) is 4.79 Å². The molecule has 2 atom stereocenters. The number of hydrogen-bond donors (Lipinski definition) is 0. The Morgan fingerprint density at radius 2 is 2.00 bits per heavy atom. The van der Waals surface area contributed by atoms with Crippen LogP contribution in [0.3, 0.4) is 0 Å². The van der Waals surface area contributed by atoms with Crippen molar-refractivity contribution < 1.29 is 14.1 Å². The Hall–Kier alpha value is -2.93. The third-order valence-corrected chi connectivity index (χ3v) is 5.72. The fraction of sp³-hybridized carbons (Fsp3) is 0.435. The Morgan fingerprint density at radius 3 is 2.67 bits per heavy atom. The second kappa shape index (κ2) is 8.44. The van der Waals surface area contributed by atoms with Crippen LogP contribution in [-0.4, -0.2) is 52.0 Å². The first-order valence-electron chi connectivity index (χ1n) is 10.3. The van der Waals surface area contributed by atoms with E-state index in [0.717, 1.165) is 28.4 Å². The van der Waals surface area contributed by atoms with Gasteiger partial charge < -0.3 is 14.2 Å². The van der Waals surface area contributed by atoms with Crippen LogP contribution < -0.4 is 0 Å². The Bertz CT molecular complexity index is 1040. The molecule has 7 nitrogen and oxygen atoms in total. The van der Waals surface area contributed by atoms with Crippen molar-refractivity contribution in [1.29, 1.82) is 0 Å². The fourth-order valence-electron chi connectivity index (χ4n) is 4.23. The van der Waals surface area contributed by atoms with Crippen molar-refractivity contribution in [3.8, 4) is 0 Å². The lowest BCUT2D eigenvalue weighted by Gasteiger charge is -2.17. The third kappa shape index (κ3) is 4.31. The Labute approximate surface area is 176 Å². The highest BCUT2D eigenvalue weighted by molar-refractivity contribution is 5.94. The summed E-state index contributed by atoms with van der Waals surface area (Å²) >= 11 is 0. The summed E-state index contributed by atoms with van der Waals surface area (Å²) in [6.07, 6.45) is 0.693. The van der Waals surface area contributed by atoms with Crippen LogP contribution in [-0.2, 0) is 17.7 Å². The summed E-state index contributed by atoms with van der Waals surface area (Å²) in [4.78, 5) is 15.1. The van der Waals surface area contributed by atoms with E-state index in [2.05, 4.69) is 16.3 Å². The minimum atomic E-state index is -0.0164. The van der Waals surface area contributed by atoms with Crippen molar-refractivity contribution in [2.24, 2.45) is 5.92 Å². The monoisotopic (exact) mass is 408 g/mol. The molecule has 0 radical (unpaired) electrons. The third-order valence-electron chi connectivity index (χ3n) is 5.72. The molecule has 0 bridgehead atoms. The summed E-state index contributed by atoms with van der Waals surface area (Å²) in [6, 6.07) is 11.8. The maximum Gasteiger partial charge on any atom is 0.253 e. The van der Waals surface area contributed by atoms with Crippen LogP contribution in [0.25, 0.3) is 0 Å². The molecule has 2 aromatic heterocycles. The van der Waals surface area contributed by atoms with Gasteiger partial charge in [-0.1, -0.05) is 17.3 Å². The molecule has 1 aliphatic heterocycles. The zero-order valence-electron chi connectivity index (χ0n) is 18.0. The first kappa shape index (κ1) is 20.3. The molecule has 0 saturated carbocycles. The van der Waals surface area contributed by atoms with Crippen LogP contribution in [0.2, 0.25) is 0 Å². The van der Waals surface area contributed by atoms with Gasteiger partial charge in [0.15, 0.2) is 0 Å². The average molecular weight is 409 g/mol. The zero-order valence-corrected chi connectivity index (χ0v) is 18.0. The average Bonchev–Trinajstić information content (AvgIpc) is 3.41. The van der Waals surface area contributed by atoms with Crippen molar-refractivity contribution >= 4 is 5.91 Å². The summed E-state index contributed by atoms with van der Waals surface area (Å²) < 4.78 is 13.0. The molecule has 30 heavy (non-hydrogen) atoms. The number of carbonyl (C=O) groups excluding carboxylic acids is 1. The predicted molar refractivity (Wildman–Crippen MR) is 112 cm³/mol. The number of methoxy groups -OCH3 is 1. The molecule has 1 aromatic carbocycles. The number of amides is 1. The maximum atomic E-state index is 13.2. The second-order valence-electron chi connectivity index (χ2n) is 8.17. The van der Waals surface area contributed by atoms with Gasteiger partial charge in [-0.15, -0.1) is 0 Å². The van der Waals surface area contributed by atoms with Crippen LogP contribution in [0.15, 0.2) is 40.9 Å². The number of aryl methyl sites for hydroxylation is 3. The number of carbonyl (C=O) groups is 1. The van der Waals surface area contributed by atoms with E-state index in [1.165, 1.54) is 0 Å². The van der Waals surface area contributed by atoms with E-state index >= 15 is 0 Å². The molecule has 0 unspecified atom stereocenters. The van der Waals surface area contributed by atoms with Gasteiger partial charge in [-0.2, -0.15) is 5.10 Å². The van der Waals surface area contributed by atoms with E-state index in [-0.39, 0.29) is 17.9 Å². The number of likely N-dealkylation sites (tertiary alicyclic amines) is 1. The molecule has 3 aromatic rings. The number of benzene rings is 1. The molecular weight excluding hydrogens is 380 g/mol. The highest BCUT2D eigenvalue weighted by Gasteiger charge is 2.36. The van der Waals surface area contributed by atoms with Gasteiger partial charge >= 0.3 is 0 Å². The number of aromatic nitrogens is 3. The van der Waals surface area contributed by atoms with Crippen molar-refractivity contribution in [2.75, 3.05) is 20.2 Å². The van der Waals surface area contributed by atoms with Crippen LogP contribution in [0.4, 0.5) is 0 Å². The number of rotatable bonds is 6. The first-order chi connectivity index (χ1) is 14.4. The van der Waals surface area contributed by atoms with Gasteiger partial charge in [0.2, 0.25) is 0 Å². The van der Waals surface area contributed by atoms with Gasteiger partial charge in [-0.05, 0) is 44.5 Å². The van der Waals surface area contributed by atoms with Crippen molar-refractivity contribution in [2.45, 2.75) is 39.8 Å². The molecule has 3 heterocycles. The van der Waals surface area contributed by atoms with Gasteiger partial charge in [0.05, 0.1) is 24.0 Å². The fourth-order valence-corrected chi connectivity index (χ4v) is 4.23. The van der Waals surface area contributed by atoms with Gasteiger partial charge in [-0.25, -0.2) is 0 Å². The summed E-state index contributed by atoms with van der Waals surface area (Å²) in [5.41, 5.74) is 4.72. The lowest BCUT2D eigenvalue weighted by molar-refractivity contribution is 0.0672. The van der Waals surface area contributed by atoms with Crippen LogP contribution >= 0.6 is 0 Å². The predicted octanol–water partition coefficient (Wildman–Crippen LogP) is 3.17. The zero-order chi connectivity index (χ0) is 21.3. The summed E-state index contributed by atoms with van der Waals surface area (Å²) in [5, 5.41) is 8.48. The number of hydrogen-bond acceptors (Lipinski definition) is 5. The standard InChI is InChI=1S/C23H28N4O3/c1-15-8-17(3)27(24-15)12-18-6-5-7-19(10-18)23(28)26-13-20(22(14-26)29-4)11-21-9-16(2)25-30-21/h5-10,20,22H,11-14H2,1-4H3/t20-,22+/m1/s1. The van der Waals surface area contributed by atoms with Crippen LogP contribution in [0.1, 0.15) is 38.8 Å². The van der Waals surface area contributed by atoms with Crippen molar-refractivity contribution in [1.82, 2.24) is 19.8 Å². The SMILES string of the molecule is CO[C@H]1CN(C(=O)c2cccc(Cn3nc(C)cc3C)c2)C[C@H]1Cc1cc(C)no1. The minimum absolute atomic E-state index is 0.0164. The molecule has 1 fully saturated rings. The second-order valence-corrected chi connectivity index (χ2v) is 8.17. The molecule has 4 rings (SSSR count). The van der Waals surface area contributed by atoms with Gasteiger partial charge in [0, 0.05) is 49.9 Å². The van der Waals surface area contributed by atoms with Crippen LogP contribution in [0.5, 0.6) is 0 Å². The molecule has 0 N–H and O–H groups in total. The smallest absolute Gasteiger partial charge is 0.253 e. The summed E-state index contributed by atoms with van der Waals surface area (Å²) in [6.45, 7) is 7.80. The first-order valence-corrected chi connectivity index (χ1v) is 10.3. The number of ether oxygens (including phenoxy) is 1. The minimum Gasteiger partial charge on any atom is -0.379 e. The molecular formula is C23H28N4O3. The van der Waals surface area contributed by atoms with Gasteiger partial charge in [0.25, 0.3) is 5.91 Å². The maximum absolute atomic E-state index is 13.2. The van der Waals surface area contributed by atoms with E-state index in [1.54, 1.807) is 7.11 Å². The lowest BCUT2D eigenvalue weighted by Crippen LogP contribution is -2.30. The van der Waals surface area contributed by atoms with Gasteiger partial charge in [-0.3, -0.25) is 9.48 Å². The Kier molecular flexibility index (Phi) is 5.72. The molecule has 1 aliphatic rings. The Balaban J connectivity index is 1.46. The van der Waals surface area contributed by atoms with E-state index in [1.807, 2.05) is 60.7 Å². The van der Waals surface area contributed by atoms with E-state index < -0.39 is 0 Å².